The zero-order valence-corrected chi connectivity index (χ0v) is 15.4. The maximum atomic E-state index is 14.3. The van der Waals surface area contributed by atoms with E-state index in [4.69, 9.17) is 4.52 Å². The second-order valence-corrected chi connectivity index (χ2v) is 8.31. The fourth-order valence-corrected chi connectivity index (χ4v) is 3.48. The first-order chi connectivity index (χ1) is 11.8. The SMILES string of the molecule is CS(=O)(=O)c1ccc(-c2c(-c3ccc(Br)cc3)noc2CO)cc1F. The minimum Gasteiger partial charge on any atom is -0.388 e. The highest BCUT2D eigenvalue weighted by Gasteiger charge is 2.21. The summed E-state index contributed by atoms with van der Waals surface area (Å²) in [5.74, 6) is -0.698. The molecule has 0 unspecified atom stereocenters. The molecule has 0 aliphatic rings. The molecule has 0 fully saturated rings. The van der Waals surface area contributed by atoms with E-state index in [0.29, 0.717) is 22.4 Å². The minimum absolute atomic E-state index is 0.171. The predicted molar refractivity (Wildman–Crippen MR) is 94.1 cm³/mol. The Morgan fingerprint density at radius 3 is 2.36 bits per heavy atom. The molecule has 0 amide bonds. The Balaban J connectivity index is 2.18. The van der Waals surface area contributed by atoms with Crippen LogP contribution >= 0.6 is 15.9 Å². The summed E-state index contributed by atoms with van der Waals surface area (Å²) in [6.45, 7) is -0.422. The van der Waals surface area contributed by atoms with E-state index >= 15 is 0 Å². The van der Waals surface area contributed by atoms with Crippen LogP contribution in [-0.4, -0.2) is 24.9 Å². The smallest absolute Gasteiger partial charge is 0.178 e. The number of benzene rings is 2. The molecule has 0 aliphatic heterocycles. The third-order valence-electron chi connectivity index (χ3n) is 3.64. The Hall–Kier alpha value is -2.03. The number of nitrogens with zero attached hydrogens (tertiary/aromatic N) is 1. The third-order valence-corrected chi connectivity index (χ3v) is 5.30. The van der Waals surface area contributed by atoms with Crippen molar-refractivity contribution in [2.45, 2.75) is 11.5 Å². The number of halogens is 2. The zero-order chi connectivity index (χ0) is 18.2. The predicted octanol–water partition coefficient (Wildman–Crippen LogP) is 3.81. The summed E-state index contributed by atoms with van der Waals surface area (Å²) < 4.78 is 43.5. The summed E-state index contributed by atoms with van der Waals surface area (Å²) in [5.41, 5.74) is 1.94. The van der Waals surface area contributed by atoms with E-state index in [1.807, 2.05) is 12.1 Å². The van der Waals surface area contributed by atoms with Crippen LogP contribution in [0.15, 0.2) is 56.4 Å². The molecule has 2 aromatic carbocycles. The van der Waals surface area contributed by atoms with Crippen LogP contribution in [0.25, 0.3) is 22.4 Å². The van der Waals surface area contributed by atoms with Crippen molar-refractivity contribution in [1.82, 2.24) is 5.16 Å². The summed E-state index contributed by atoms with van der Waals surface area (Å²) in [6, 6.07) is 11.0. The lowest BCUT2D eigenvalue weighted by Gasteiger charge is -2.07. The zero-order valence-electron chi connectivity index (χ0n) is 13.0. The molecule has 8 heteroatoms. The number of aromatic nitrogens is 1. The van der Waals surface area contributed by atoms with Gasteiger partial charge in [-0.25, -0.2) is 12.8 Å². The monoisotopic (exact) mass is 425 g/mol. The van der Waals surface area contributed by atoms with Crippen molar-refractivity contribution in [3.05, 3.63) is 58.5 Å². The average Bonchev–Trinajstić information content (AvgIpc) is 2.98. The number of aliphatic hydroxyl groups excluding tert-OH is 1. The Kier molecular flexibility index (Phi) is 4.77. The average molecular weight is 426 g/mol. The van der Waals surface area contributed by atoms with Crippen LogP contribution in [0.2, 0.25) is 0 Å². The van der Waals surface area contributed by atoms with Crippen molar-refractivity contribution in [3.8, 4) is 22.4 Å². The van der Waals surface area contributed by atoms with Gasteiger partial charge in [-0.2, -0.15) is 0 Å². The van der Waals surface area contributed by atoms with E-state index in [-0.39, 0.29) is 10.7 Å². The number of hydrogen-bond donors (Lipinski definition) is 1. The highest BCUT2D eigenvalue weighted by atomic mass is 79.9. The molecular weight excluding hydrogens is 413 g/mol. The molecule has 1 N–H and O–H groups in total. The molecule has 130 valence electrons. The van der Waals surface area contributed by atoms with Gasteiger partial charge < -0.3 is 9.63 Å². The van der Waals surface area contributed by atoms with Crippen LogP contribution in [0.3, 0.4) is 0 Å². The molecule has 5 nitrogen and oxygen atoms in total. The molecule has 25 heavy (non-hydrogen) atoms. The quantitative estimate of drug-likeness (QED) is 0.687. The van der Waals surface area contributed by atoms with Crippen LogP contribution in [-0.2, 0) is 16.4 Å². The van der Waals surface area contributed by atoms with E-state index in [1.165, 1.54) is 12.1 Å². The highest BCUT2D eigenvalue weighted by molar-refractivity contribution is 9.10. The first kappa shape index (κ1) is 17.8. The fraction of sp³-hybridized carbons (Fsp3) is 0.118. The molecule has 0 saturated carbocycles. The van der Waals surface area contributed by atoms with Gasteiger partial charge in [0.15, 0.2) is 15.6 Å². The molecule has 0 radical (unpaired) electrons. The van der Waals surface area contributed by atoms with Gasteiger partial charge in [-0.1, -0.05) is 39.3 Å². The van der Waals surface area contributed by atoms with Crippen LogP contribution in [0.4, 0.5) is 4.39 Å². The van der Waals surface area contributed by atoms with E-state index in [1.54, 1.807) is 12.1 Å². The first-order valence-corrected chi connectivity index (χ1v) is 9.85. The number of hydrogen-bond acceptors (Lipinski definition) is 5. The molecule has 0 bridgehead atoms. The van der Waals surface area contributed by atoms with Gasteiger partial charge in [0, 0.05) is 16.3 Å². The summed E-state index contributed by atoms with van der Waals surface area (Å²) in [4.78, 5) is -0.386. The van der Waals surface area contributed by atoms with Crippen LogP contribution in [0.1, 0.15) is 5.76 Å². The summed E-state index contributed by atoms with van der Waals surface area (Å²) in [7, 11) is -3.67. The van der Waals surface area contributed by atoms with Gasteiger partial charge in [0.2, 0.25) is 0 Å². The third kappa shape index (κ3) is 3.51. The molecule has 1 aromatic heterocycles. The summed E-state index contributed by atoms with van der Waals surface area (Å²) in [5, 5.41) is 13.5. The van der Waals surface area contributed by atoms with E-state index in [0.717, 1.165) is 16.8 Å². The summed E-state index contributed by atoms with van der Waals surface area (Å²) in [6.07, 6.45) is 0.941. The first-order valence-electron chi connectivity index (χ1n) is 7.16. The second-order valence-electron chi connectivity index (χ2n) is 5.41. The van der Waals surface area contributed by atoms with Gasteiger partial charge in [0.1, 0.15) is 23.0 Å². The molecule has 0 spiro atoms. The van der Waals surface area contributed by atoms with Crippen molar-refractivity contribution in [2.75, 3.05) is 6.26 Å². The maximum absolute atomic E-state index is 14.3. The largest absolute Gasteiger partial charge is 0.388 e. The van der Waals surface area contributed by atoms with Crippen LogP contribution < -0.4 is 0 Å². The maximum Gasteiger partial charge on any atom is 0.178 e. The Bertz CT molecular complexity index is 1030. The second kappa shape index (κ2) is 6.70. The molecule has 0 saturated heterocycles. The fourth-order valence-electron chi connectivity index (χ4n) is 2.49. The Morgan fingerprint density at radius 2 is 1.80 bits per heavy atom. The van der Waals surface area contributed by atoms with E-state index in [9.17, 15) is 17.9 Å². The number of aliphatic hydroxyl groups is 1. The van der Waals surface area contributed by atoms with Gasteiger partial charge in [-0.3, -0.25) is 0 Å². The molecule has 3 rings (SSSR count). The van der Waals surface area contributed by atoms with Gasteiger partial charge >= 0.3 is 0 Å². The summed E-state index contributed by atoms with van der Waals surface area (Å²) >= 11 is 3.35. The lowest BCUT2D eigenvalue weighted by Crippen LogP contribution is -2.01. The highest BCUT2D eigenvalue weighted by Crippen LogP contribution is 2.36. The van der Waals surface area contributed by atoms with Crippen molar-refractivity contribution in [2.24, 2.45) is 0 Å². The lowest BCUT2D eigenvalue weighted by molar-refractivity contribution is 0.230. The van der Waals surface area contributed by atoms with E-state index in [2.05, 4.69) is 21.1 Å². The lowest BCUT2D eigenvalue weighted by atomic mass is 9.99. The molecule has 3 aromatic rings. The Morgan fingerprint density at radius 1 is 1.16 bits per heavy atom. The normalized spacial score (nSPS) is 11.7. The number of rotatable bonds is 4. The van der Waals surface area contributed by atoms with Crippen molar-refractivity contribution in [3.63, 3.8) is 0 Å². The molecule has 1 heterocycles. The Labute approximate surface area is 152 Å². The van der Waals surface area contributed by atoms with Crippen molar-refractivity contribution < 1.29 is 22.4 Å². The van der Waals surface area contributed by atoms with Crippen LogP contribution in [0.5, 0.6) is 0 Å². The van der Waals surface area contributed by atoms with Gasteiger partial charge in [-0.15, -0.1) is 0 Å². The topological polar surface area (TPSA) is 80.4 Å². The van der Waals surface area contributed by atoms with Gasteiger partial charge in [0.05, 0.1) is 5.56 Å². The molecule has 0 atom stereocenters. The van der Waals surface area contributed by atoms with Crippen molar-refractivity contribution in [1.29, 1.82) is 0 Å². The van der Waals surface area contributed by atoms with Crippen molar-refractivity contribution >= 4 is 25.8 Å². The molecular formula is C17H13BrFNO4S. The van der Waals surface area contributed by atoms with Gasteiger partial charge in [0.25, 0.3) is 0 Å². The van der Waals surface area contributed by atoms with Crippen LogP contribution in [0, 0.1) is 5.82 Å². The number of sulfone groups is 1. The minimum atomic E-state index is -3.67. The standard InChI is InChI=1S/C17H13BrFNO4S/c1-25(22,23)15-7-4-11(8-13(15)19)16-14(9-21)24-20-17(16)10-2-5-12(18)6-3-10/h2-8,21H,9H2,1H3. The molecule has 0 aliphatic carbocycles. The van der Waals surface area contributed by atoms with E-state index < -0.39 is 22.3 Å². The van der Waals surface area contributed by atoms with Gasteiger partial charge in [-0.05, 0) is 29.8 Å².